The molecule has 1 aromatic rings. The van der Waals surface area contributed by atoms with Crippen LogP contribution < -0.4 is 10.6 Å². The summed E-state index contributed by atoms with van der Waals surface area (Å²) >= 11 is 0. The SMILES string of the molecule is C#CCNC(=O)c1ccc(F)c([C@@]2(C)N=C(NC(=O)OC(C)(C)C)OCC2(F)F)c1. The highest BCUT2D eigenvalue weighted by atomic mass is 19.3. The number of alkyl halides is 2. The minimum atomic E-state index is -3.65. The van der Waals surface area contributed by atoms with Gasteiger partial charge in [0.15, 0.2) is 12.1 Å². The lowest BCUT2D eigenvalue weighted by Gasteiger charge is -2.38. The highest BCUT2D eigenvalue weighted by Crippen LogP contribution is 2.44. The van der Waals surface area contributed by atoms with E-state index in [9.17, 15) is 22.8 Å². The lowest BCUT2D eigenvalue weighted by molar-refractivity contribution is -0.118. The molecule has 7 nitrogen and oxygen atoms in total. The van der Waals surface area contributed by atoms with E-state index in [0.717, 1.165) is 25.1 Å². The number of carbonyl (C=O) groups excluding carboxylic acids is 2. The molecule has 30 heavy (non-hydrogen) atoms. The predicted molar refractivity (Wildman–Crippen MR) is 103 cm³/mol. The number of rotatable bonds is 3. The first kappa shape index (κ1) is 23.1. The molecule has 10 heteroatoms. The fraction of sp³-hybridized carbons (Fsp3) is 0.450. The third kappa shape index (κ3) is 5.03. The van der Waals surface area contributed by atoms with Gasteiger partial charge in [0, 0.05) is 11.1 Å². The molecule has 0 radical (unpaired) electrons. The molecule has 0 unspecified atom stereocenters. The van der Waals surface area contributed by atoms with Crippen molar-refractivity contribution in [2.45, 2.75) is 44.8 Å². The molecule has 0 fully saturated rings. The van der Waals surface area contributed by atoms with Crippen molar-refractivity contribution < 1.29 is 32.2 Å². The highest BCUT2D eigenvalue weighted by molar-refractivity contribution is 5.95. The molecule has 1 aliphatic heterocycles. The molecular formula is C20H22F3N3O4. The number of hydrogen-bond donors (Lipinski definition) is 2. The van der Waals surface area contributed by atoms with E-state index in [1.165, 1.54) is 0 Å². The van der Waals surface area contributed by atoms with E-state index < -0.39 is 53.1 Å². The zero-order valence-electron chi connectivity index (χ0n) is 16.9. The molecule has 0 saturated carbocycles. The molecule has 1 heterocycles. The van der Waals surface area contributed by atoms with Crippen molar-refractivity contribution in [2.24, 2.45) is 4.99 Å². The van der Waals surface area contributed by atoms with Gasteiger partial charge in [-0.05, 0) is 45.9 Å². The van der Waals surface area contributed by atoms with Gasteiger partial charge in [-0.15, -0.1) is 6.42 Å². The second-order valence-corrected chi connectivity index (χ2v) is 7.69. The molecule has 1 atom stereocenters. The van der Waals surface area contributed by atoms with Gasteiger partial charge in [-0.3, -0.25) is 4.79 Å². The average molecular weight is 425 g/mol. The maximum atomic E-state index is 14.8. The second-order valence-electron chi connectivity index (χ2n) is 7.69. The molecule has 0 bridgehead atoms. The Hall–Kier alpha value is -3.22. The van der Waals surface area contributed by atoms with Gasteiger partial charge in [0.2, 0.25) is 0 Å². The molecule has 2 rings (SSSR count). The number of terminal acetylenes is 1. The first-order valence-electron chi connectivity index (χ1n) is 8.91. The molecule has 2 N–H and O–H groups in total. The van der Waals surface area contributed by atoms with Crippen LogP contribution in [0.2, 0.25) is 0 Å². The molecule has 0 spiro atoms. The maximum Gasteiger partial charge on any atom is 0.415 e. The molecule has 0 aromatic heterocycles. The van der Waals surface area contributed by atoms with Crippen LogP contribution in [0.5, 0.6) is 0 Å². The predicted octanol–water partition coefficient (Wildman–Crippen LogP) is 2.95. The Morgan fingerprint density at radius 1 is 1.37 bits per heavy atom. The van der Waals surface area contributed by atoms with Crippen molar-refractivity contribution in [3.63, 3.8) is 0 Å². The van der Waals surface area contributed by atoms with Crippen LogP contribution >= 0.6 is 0 Å². The Kier molecular flexibility index (Phi) is 6.35. The van der Waals surface area contributed by atoms with Crippen LogP contribution in [0.3, 0.4) is 0 Å². The molecule has 2 amide bonds. The number of nitrogens with one attached hydrogen (secondary N) is 2. The summed E-state index contributed by atoms with van der Waals surface area (Å²) in [7, 11) is 0. The topological polar surface area (TPSA) is 89.0 Å². The molecule has 0 aliphatic carbocycles. The minimum Gasteiger partial charge on any atom is -0.458 e. The van der Waals surface area contributed by atoms with E-state index in [2.05, 4.69) is 21.5 Å². The van der Waals surface area contributed by atoms with Crippen LogP contribution in [0.1, 0.15) is 43.6 Å². The van der Waals surface area contributed by atoms with Gasteiger partial charge in [-0.25, -0.2) is 19.5 Å². The van der Waals surface area contributed by atoms with Crippen LogP contribution in [-0.2, 0) is 15.0 Å². The van der Waals surface area contributed by atoms with E-state index in [-0.39, 0.29) is 12.1 Å². The summed E-state index contributed by atoms with van der Waals surface area (Å²) in [4.78, 5) is 27.8. The van der Waals surface area contributed by atoms with Gasteiger partial charge < -0.3 is 14.8 Å². The van der Waals surface area contributed by atoms with E-state index >= 15 is 0 Å². The largest absolute Gasteiger partial charge is 0.458 e. The van der Waals surface area contributed by atoms with Crippen molar-refractivity contribution in [1.82, 2.24) is 10.6 Å². The van der Waals surface area contributed by atoms with Crippen LogP contribution in [0.15, 0.2) is 23.2 Å². The van der Waals surface area contributed by atoms with Crippen LogP contribution in [0.25, 0.3) is 0 Å². The normalized spacial score (nSPS) is 20.3. The number of ether oxygens (including phenoxy) is 2. The summed E-state index contributed by atoms with van der Waals surface area (Å²) in [6, 6.07) is 2.43. The summed E-state index contributed by atoms with van der Waals surface area (Å²) in [5.74, 6) is -3.12. The van der Waals surface area contributed by atoms with Gasteiger partial charge in [-0.2, -0.15) is 8.78 Å². The smallest absolute Gasteiger partial charge is 0.415 e. The Morgan fingerprint density at radius 2 is 2.03 bits per heavy atom. The first-order valence-corrected chi connectivity index (χ1v) is 8.91. The van der Waals surface area contributed by atoms with E-state index in [1.807, 2.05) is 0 Å². The number of halogens is 3. The average Bonchev–Trinajstić information content (AvgIpc) is 2.61. The van der Waals surface area contributed by atoms with Crippen LogP contribution in [0.4, 0.5) is 18.0 Å². The van der Waals surface area contributed by atoms with Crippen LogP contribution in [0, 0.1) is 18.2 Å². The Balaban J connectivity index is 2.44. The second kappa shape index (κ2) is 8.26. The van der Waals surface area contributed by atoms with Gasteiger partial charge in [-0.1, -0.05) is 5.92 Å². The molecule has 0 saturated heterocycles. The lowest BCUT2D eigenvalue weighted by atomic mass is 9.84. The van der Waals surface area contributed by atoms with Crippen molar-refractivity contribution in [1.29, 1.82) is 0 Å². The van der Waals surface area contributed by atoms with Crippen LogP contribution in [-0.4, -0.2) is 42.7 Å². The van der Waals surface area contributed by atoms with Crippen molar-refractivity contribution in [2.75, 3.05) is 13.2 Å². The van der Waals surface area contributed by atoms with E-state index in [1.54, 1.807) is 20.8 Å². The number of hydrogen-bond acceptors (Lipinski definition) is 5. The van der Waals surface area contributed by atoms with E-state index in [4.69, 9.17) is 15.9 Å². The van der Waals surface area contributed by atoms with Gasteiger partial charge in [0.25, 0.3) is 11.9 Å². The highest BCUT2D eigenvalue weighted by Gasteiger charge is 2.56. The molecule has 162 valence electrons. The summed E-state index contributed by atoms with van der Waals surface area (Å²) in [5.41, 5.74) is -3.95. The maximum absolute atomic E-state index is 14.8. The zero-order chi connectivity index (χ0) is 22.7. The third-order valence-corrected chi connectivity index (χ3v) is 4.14. The van der Waals surface area contributed by atoms with E-state index in [0.29, 0.717) is 0 Å². The lowest BCUT2D eigenvalue weighted by Crippen LogP contribution is -2.53. The fourth-order valence-electron chi connectivity index (χ4n) is 2.60. The third-order valence-electron chi connectivity index (χ3n) is 4.14. The van der Waals surface area contributed by atoms with Gasteiger partial charge in [0.1, 0.15) is 11.4 Å². The Morgan fingerprint density at radius 3 is 2.63 bits per heavy atom. The number of carbonyl (C=O) groups is 2. The standard InChI is InChI=1S/C20H22F3N3O4/c1-6-9-24-15(27)12-7-8-14(21)13(10-12)19(5)20(22,23)11-29-16(26-19)25-17(28)30-18(2,3)4/h1,7-8,10H,9,11H2,2-5H3,(H,24,27)(H,25,26,28)/t19-/m1/s1. The minimum absolute atomic E-state index is 0.0815. The van der Waals surface area contributed by atoms with Gasteiger partial charge >= 0.3 is 12.0 Å². The monoisotopic (exact) mass is 425 g/mol. The molecule has 1 aromatic carbocycles. The number of benzene rings is 1. The summed E-state index contributed by atoms with van der Waals surface area (Å²) in [6.07, 6.45) is 4.10. The summed E-state index contributed by atoms with van der Waals surface area (Å²) in [5, 5.41) is 4.50. The molecule has 1 aliphatic rings. The fourth-order valence-corrected chi connectivity index (χ4v) is 2.60. The first-order chi connectivity index (χ1) is 13.8. The number of aliphatic imine (C=N–C) groups is 1. The zero-order valence-corrected chi connectivity index (χ0v) is 16.9. The number of alkyl carbamates (subject to hydrolysis) is 1. The van der Waals surface area contributed by atoms with Gasteiger partial charge in [0.05, 0.1) is 6.54 Å². The van der Waals surface area contributed by atoms with Crippen molar-refractivity contribution in [3.05, 3.63) is 35.1 Å². The number of nitrogens with zero attached hydrogens (tertiary/aromatic N) is 1. The Bertz CT molecular complexity index is 919. The van der Waals surface area contributed by atoms with Crippen molar-refractivity contribution >= 4 is 18.0 Å². The number of amidine groups is 1. The number of amides is 2. The quantitative estimate of drug-likeness (QED) is 0.729. The summed E-state index contributed by atoms with van der Waals surface area (Å²) in [6.45, 7) is 4.55. The summed E-state index contributed by atoms with van der Waals surface area (Å²) < 4.78 is 54.0. The Labute approximate surface area is 172 Å². The van der Waals surface area contributed by atoms with Crippen molar-refractivity contribution in [3.8, 4) is 12.3 Å². The molecular weight excluding hydrogens is 403 g/mol.